The topological polar surface area (TPSA) is 35.5 Å². The minimum absolute atomic E-state index is 0.108. The van der Waals surface area contributed by atoms with Gasteiger partial charge in [0.2, 0.25) is 0 Å². The van der Waals surface area contributed by atoms with Gasteiger partial charge in [-0.2, -0.15) is 0 Å². The molecule has 1 aromatic rings. The van der Waals surface area contributed by atoms with Crippen LogP contribution < -0.4 is 0 Å². The van der Waals surface area contributed by atoms with Crippen LogP contribution in [-0.4, -0.2) is 13.1 Å². The zero-order valence-corrected chi connectivity index (χ0v) is 15.0. The summed E-state index contributed by atoms with van der Waals surface area (Å²) < 4.78 is 10.8. The quantitative estimate of drug-likeness (QED) is 0.134. The Bertz CT molecular complexity index is 440. The fraction of sp³-hybridized carbons (Fsp3) is 0.571. The van der Waals surface area contributed by atoms with Crippen molar-refractivity contribution in [2.45, 2.75) is 71.3 Å². The smallest absolute Gasteiger partial charge is 0.189 e. The summed E-state index contributed by atoms with van der Waals surface area (Å²) in [6.45, 7) is 2.84. The Morgan fingerprint density at radius 2 is 1.62 bits per heavy atom. The normalized spacial score (nSPS) is 11.5. The van der Waals surface area contributed by atoms with Crippen molar-refractivity contribution < 1.29 is 14.3 Å². The average molecular weight is 332 g/mol. The van der Waals surface area contributed by atoms with Crippen LogP contribution in [0.15, 0.2) is 42.2 Å². The Balaban J connectivity index is 2.02. The molecule has 0 saturated carbocycles. The first-order valence-corrected chi connectivity index (χ1v) is 9.26. The van der Waals surface area contributed by atoms with Crippen LogP contribution in [0.2, 0.25) is 0 Å². The molecule has 0 atom stereocenters. The maximum atomic E-state index is 11.0. The summed E-state index contributed by atoms with van der Waals surface area (Å²) in [5.74, 6) is 0.381. The van der Waals surface area contributed by atoms with Gasteiger partial charge in [-0.3, -0.25) is 4.79 Å². The fourth-order valence-corrected chi connectivity index (χ4v) is 2.51. The zero-order valence-electron chi connectivity index (χ0n) is 15.0. The van der Waals surface area contributed by atoms with E-state index < -0.39 is 0 Å². The number of carbonyl (C=O) groups excluding carboxylic acids is 1. The van der Waals surface area contributed by atoms with E-state index in [4.69, 9.17) is 9.47 Å². The second-order valence-electron chi connectivity index (χ2n) is 6.08. The molecule has 0 aliphatic carbocycles. The first-order chi connectivity index (χ1) is 11.9. The minimum Gasteiger partial charge on any atom is -0.464 e. The lowest BCUT2D eigenvalue weighted by atomic mass is 10.1. The number of unbranched alkanes of at least 4 members (excludes halogenated alkanes) is 8. The lowest BCUT2D eigenvalue weighted by Crippen LogP contribution is -2.01. The van der Waals surface area contributed by atoms with Gasteiger partial charge in [0.1, 0.15) is 0 Å². The second kappa shape index (κ2) is 14.9. The van der Waals surface area contributed by atoms with Gasteiger partial charge >= 0.3 is 0 Å². The van der Waals surface area contributed by atoms with E-state index in [1.54, 1.807) is 0 Å². The molecule has 0 unspecified atom stereocenters. The molecule has 0 fully saturated rings. The molecule has 0 amide bonds. The van der Waals surface area contributed by atoms with Crippen LogP contribution >= 0.6 is 0 Å². The van der Waals surface area contributed by atoms with Crippen LogP contribution in [0.5, 0.6) is 0 Å². The third-order valence-electron chi connectivity index (χ3n) is 3.94. The van der Waals surface area contributed by atoms with Gasteiger partial charge in [0.05, 0.1) is 6.61 Å². The highest BCUT2D eigenvalue weighted by Gasteiger charge is 1.97. The molecule has 0 radical (unpaired) electrons. The summed E-state index contributed by atoms with van der Waals surface area (Å²) in [5, 5.41) is 0. The Kier molecular flexibility index (Phi) is 12.7. The molecule has 0 spiro atoms. The standard InChI is InChI=1S/C21H32O3/c1-2-3-4-5-6-7-8-9-13-16-21(17-22)24-19-23-18-20-14-11-10-12-15-20/h10-12,14-17H,2-9,13,18-19H2,1H3. The molecule has 3 heteroatoms. The van der Waals surface area contributed by atoms with Crippen LogP contribution in [0.25, 0.3) is 0 Å². The Hall–Kier alpha value is -1.61. The van der Waals surface area contributed by atoms with E-state index in [-0.39, 0.29) is 6.79 Å². The van der Waals surface area contributed by atoms with Crippen molar-refractivity contribution in [1.82, 2.24) is 0 Å². The molecule has 0 bridgehead atoms. The van der Waals surface area contributed by atoms with E-state index in [0.29, 0.717) is 12.4 Å². The van der Waals surface area contributed by atoms with Gasteiger partial charge in [0.15, 0.2) is 18.8 Å². The number of carbonyl (C=O) groups is 1. The predicted molar refractivity (Wildman–Crippen MR) is 98.6 cm³/mol. The zero-order chi connectivity index (χ0) is 17.3. The lowest BCUT2D eigenvalue weighted by Gasteiger charge is -2.07. The summed E-state index contributed by atoms with van der Waals surface area (Å²) in [6.07, 6.45) is 13.8. The summed E-state index contributed by atoms with van der Waals surface area (Å²) in [4.78, 5) is 11.0. The molecule has 0 N–H and O–H groups in total. The van der Waals surface area contributed by atoms with E-state index in [2.05, 4.69) is 6.92 Å². The number of rotatable bonds is 15. The van der Waals surface area contributed by atoms with Crippen molar-refractivity contribution >= 4 is 6.29 Å². The van der Waals surface area contributed by atoms with E-state index in [0.717, 1.165) is 24.7 Å². The number of ether oxygens (including phenoxy) is 2. The minimum atomic E-state index is 0.108. The van der Waals surface area contributed by atoms with E-state index in [9.17, 15) is 4.79 Å². The number of benzene rings is 1. The Morgan fingerprint density at radius 1 is 0.958 bits per heavy atom. The molecule has 134 valence electrons. The first-order valence-electron chi connectivity index (χ1n) is 9.26. The average Bonchev–Trinajstić information content (AvgIpc) is 2.63. The number of aldehydes is 1. The molecule has 0 saturated heterocycles. The van der Waals surface area contributed by atoms with Crippen molar-refractivity contribution in [1.29, 1.82) is 0 Å². The molecule has 0 aliphatic rings. The fourth-order valence-electron chi connectivity index (χ4n) is 2.51. The first kappa shape index (κ1) is 20.4. The van der Waals surface area contributed by atoms with Gasteiger partial charge in [-0.25, -0.2) is 0 Å². The molecule has 24 heavy (non-hydrogen) atoms. The summed E-state index contributed by atoms with van der Waals surface area (Å²) in [7, 11) is 0. The van der Waals surface area contributed by atoms with Crippen LogP contribution in [-0.2, 0) is 20.9 Å². The molecular formula is C21H32O3. The van der Waals surface area contributed by atoms with Gasteiger partial charge in [-0.05, 0) is 24.5 Å². The Labute approximate surface area is 147 Å². The molecule has 1 aromatic carbocycles. The second-order valence-corrected chi connectivity index (χ2v) is 6.08. The van der Waals surface area contributed by atoms with Crippen LogP contribution in [0.1, 0.15) is 70.3 Å². The molecule has 0 heterocycles. The number of hydrogen-bond donors (Lipinski definition) is 0. The maximum Gasteiger partial charge on any atom is 0.189 e. The van der Waals surface area contributed by atoms with Gasteiger partial charge in [0, 0.05) is 0 Å². The number of allylic oxidation sites excluding steroid dienone is 2. The lowest BCUT2D eigenvalue weighted by molar-refractivity contribution is -0.111. The Morgan fingerprint density at radius 3 is 2.29 bits per heavy atom. The summed E-state index contributed by atoms with van der Waals surface area (Å²) in [6, 6.07) is 9.91. The monoisotopic (exact) mass is 332 g/mol. The van der Waals surface area contributed by atoms with Crippen LogP contribution in [0.3, 0.4) is 0 Å². The molecular weight excluding hydrogens is 300 g/mol. The SMILES string of the molecule is CCCCCCCCCCC=C(C=O)OCOCc1ccccc1. The van der Waals surface area contributed by atoms with E-state index >= 15 is 0 Å². The van der Waals surface area contributed by atoms with Crippen LogP contribution in [0, 0.1) is 0 Å². The van der Waals surface area contributed by atoms with Gasteiger partial charge in [0.25, 0.3) is 0 Å². The van der Waals surface area contributed by atoms with Crippen molar-refractivity contribution in [2.24, 2.45) is 0 Å². The third-order valence-corrected chi connectivity index (χ3v) is 3.94. The van der Waals surface area contributed by atoms with Gasteiger partial charge in [-0.1, -0.05) is 82.2 Å². The molecule has 1 rings (SSSR count). The van der Waals surface area contributed by atoms with Crippen molar-refractivity contribution in [3.8, 4) is 0 Å². The highest BCUT2D eigenvalue weighted by molar-refractivity contribution is 5.69. The molecule has 0 aliphatic heterocycles. The highest BCUT2D eigenvalue weighted by atomic mass is 16.7. The maximum absolute atomic E-state index is 11.0. The van der Waals surface area contributed by atoms with Crippen LogP contribution in [0.4, 0.5) is 0 Å². The van der Waals surface area contributed by atoms with Gasteiger partial charge < -0.3 is 9.47 Å². The van der Waals surface area contributed by atoms with Crippen molar-refractivity contribution in [3.05, 3.63) is 47.7 Å². The summed E-state index contributed by atoms with van der Waals surface area (Å²) in [5.41, 5.74) is 1.09. The summed E-state index contributed by atoms with van der Waals surface area (Å²) >= 11 is 0. The van der Waals surface area contributed by atoms with Gasteiger partial charge in [-0.15, -0.1) is 0 Å². The molecule has 0 aromatic heterocycles. The largest absolute Gasteiger partial charge is 0.464 e. The number of hydrogen-bond acceptors (Lipinski definition) is 3. The van der Waals surface area contributed by atoms with Crippen molar-refractivity contribution in [2.75, 3.05) is 6.79 Å². The third kappa shape index (κ3) is 11.0. The van der Waals surface area contributed by atoms with Crippen molar-refractivity contribution in [3.63, 3.8) is 0 Å². The highest BCUT2D eigenvalue weighted by Crippen LogP contribution is 2.10. The van der Waals surface area contributed by atoms with E-state index in [1.165, 1.54) is 44.9 Å². The molecule has 3 nitrogen and oxygen atoms in total. The van der Waals surface area contributed by atoms with E-state index in [1.807, 2.05) is 36.4 Å². The predicted octanol–water partition coefficient (Wildman–Crippen LogP) is 5.79.